The number of halogens is 1. The number of rotatable bonds is 1. The van der Waals surface area contributed by atoms with Gasteiger partial charge in [0.25, 0.3) is 0 Å². The molecule has 0 saturated carbocycles. The molecular weight excluding hydrogens is 284 g/mol. The van der Waals surface area contributed by atoms with Gasteiger partial charge >= 0.3 is 0 Å². The molecule has 84 valence electrons. The van der Waals surface area contributed by atoms with Crippen LogP contribution in [0.25, 0.3) is 22.2 Å². The number of aromatic hydroxyl groups is 1. The summed E-state index contributed by atoms with van der Waals surface area (Å²) in [7, 11) is 0. The lowest BCUT2D eigenvalue weighted by Crippen LogP contribution is -1.80. The van der Waals surface area contributed by atoms with E-state index in [0.717, 1.165) is 15.6 Å². The van der Waals surface area contributed by atoms with Crippen LogP contribution in [0.1, 0.15) is 0 Å². The molecule has 3 rings (SSSR count). The van der Waals surface area contributed by atoms with Crippen LogP contribution in [0, 0.1) is 0 Å². The van der Waals surface area contributed by atoms with Gasteiger partial charge in [0.05, 0.1) is 0 Å². The SMILES string of the molecule is Oc1ccc(Br)cc1-c1ccc2nonc2c1. The molecule has 5 heteroatoms. The molecule has 1 aromatic heterocycles. The summed E-state index contributed by atoms with van der Waals surface area (Å²) in [5.41, 5.74) is 2.97. The Hall–Kier alpha value is -1.88. The zero-order valence-electron chi connectivity index (χ0n) is 8.59. The molecule has 2 aromatic carbocycles. The van der Waals surface area contributed by atoms with Gasteiger partial charge in [0.15, 0.2) is 0 Å². The minimum atomic E-state index is 0.226. The minimum absolute atomic E-state index is 0.226. The highest BCUT2D eigenvalue weighted by molar-refractivity contribution is 9.10. The van der Waals surface area contributed by atoms with E-state index in [-0.39, 0.29) is 5.75 Å². The fourth-order valence-electron chi connectivity index (χ4n) is 1.69. The van der Waals surface area contributed by atoms with Gasteiger partial charge in [-0.3, -0.25) is 0 Å². The third-order valence-corrected chi connectivity index (χ3v) is 3.02. The van der Waals surface area contributed by atoms with Gasteiger partial charge in [-0.1, -0.05) is 22.0 Å². The third kappa shape index (κ3) is 1.78. The van der Waals surface area contributed by atoms with E-state index in [1.54, 1.807) is 12.1 Å². The van der Waals surface area contributed by atoms with Crippen LogP contribution < -0.4 is 0 Å². The highest BCUT2D eigenvalue weighted by Gasteiger charge is 2.07. The number of benzene rings is 2. The molecule has 0 spiro atoms. The second-order valence-electron chi connectivity index (χ2n) is 3.63. The minimum Gasteiger partial charge on any atom is -0.507 e. The Morgan fingerprint density at radius 1 is 1.00 bits per heavy atom. The molecule has 0 aliphatic carbocycles. The molecule has 0 amide bonds. The van der Waals surface area contributed by atoms with Crippen molar-refractivity contribution in [2.24, 2.45) is 0 Å². The predicted molar refractivity (Wildman–Crippen MR) is 66.6 cm³/mol. The topological polar surface area (TPSA) is 59.2 Å². The lowest BCUT2D eigenvalue weighted by Gasteiger charge is -2.04. The van der Waals surface area contributed by atoms with E-state index < -0.39 is 0 Å². The monoisotopic (exact) mass is 290 g/mol. The van der Waals surface area contributed by atoms with Gasteiger partial charge < -0.3 is 5.11 Å². The van der Waals surface area contributed by atoms with Crippen molar-refractivity contribution in [1.82, 2.24) is 10.3 Å². The average molecular weight is 291 g/mol. The number of phenolic OH excluding ortho intramolecular Hbond substituents is 1. The number of hydrogen-bond donors (Lipinski definition) is 1. The fraction of sp³-hybridized carbons (Fsp3) is 0. The van der Waals surface area contributed by atoms with Gasteiger partial charge in [0.1, 0.15) is 16.8 Å². The van der Waals surface area contributed by atoms with Crippen molar-refractivity contribution in [3.63, 3.8) is 0 Å². The van der Waals surface area contributed by atoms with Crippen molar-refractivity contribution in [3.05, 3.63) is 40.9 Å². The summed E-state index contributed by atoms with van der Waals surface area (Å²) in [6.45, 7) is 0. The van der Waals surface area contributed by atoms with Gasteiger partial charge in [-0.05, 0) is 46.2 Å². The summed E-state index contributed by atoms with van der Waals surface area (Å²) in [5, 5.41) is 17.3. The molecule has 4 nitrogen and oxygen atoms in total. The van der Waals surface area contributed by atoms with Crippen molar-refractivity contribution in [3.8, 4) is 16.9 Å². The standard InChI is InChI=1S/C12H7BrN2O2/c13-8-2-4-12(16)9(6-8)7-1-3-10-11(5-7)15-17-14-10/h1-6,16H. The third-order valence-electron chi connectivity index (χ3n) is 2.52. The maximum Gasteiger partial charge on any atom is 0.135 e. The van der Waals surface area contributed by atoms with Crippen LogP contribution in [0.15, 0.2) is 45.5 Å². The molecule has 1 N–H and O–H groups in total. The summed E-state index contributed by atoms with van der Waals surface area (Å²) in [4.78, 5) is 0. The fourth-order valence-corrected chi connectivity index (χ4v) is 2.05. The first-order valence-electron chi connectivity index (χ1n) is 4.95. The second kappa shape index (κ2) is 3.85. The number of fused-ring (bicyclic) bond motifs is 1. The van der Waals surface area contributed by atoms with Crippen molar-refractivity contribution in [2.45, 2.75) is 0 Å². The van der Waals surface area contributed by atoms with E-state index >= 15 is 0 Å². The van der Waals surface area contributed by atoms with Gasteiger partial charge in [0.2, 0.25) is 0 Å². The summed E-state index contributed by atoms with van der Waals surface area (Å²) in [6.07, 6.45) is 0. The molecule has 0 fully saturated rings. The predicted octanol–water partition coefficient (Wildman–Crippen LogP) is 3.36. The Morgan fingerprint density at radius 2 is 1.82 bits per heavy atom. The van der Waals surface area contributed by atoms with Crippen LogP contribution in [-0.4, -0.2) is 15.4 Å². The molecule has 3 aromatic rings. The summed E-state index contributed by atoms with van der Waals surface area (Å²) >= 11 is 3.38. The number of aromatic nitrogens is 2. The maximum absolute atomic E-state index is 9.83. The van der Waals surface area contributed by atoms with Crippen LogP contribution in [0.2, 0.25) is 0 Å². The smallest absolute Gasteiger partial charge is 0.135 e. The Bertz CT molecular complexity index is 694. The first-order chi connectivity index (χ1) is 8.24. The molecule has 0 radical (unpaired) electrons. The van der Waals surface area contributed by atoms with E-state index in [1.165, 1.54) is 0 Å². The van der Waals surface area contributed by atoms with E-state index in [2.05, 4.69) is 30.9 Å². The lowest BCUT2D eigenvalue weighted by atomic mass is 10.0. The van der Waals surface area contributed by atoms with Crippen LogP contribution in [0.3, 0.4) is 0 Å². The molecule has 17 heavy (non-hydrogen) atoms. The Morgan fingerprint density at radius 3 is 2.71 bits per heavy atom. The van der Waals surface area contributed by atoms with Gasteiger partial charge in [0, 0.05) is 10.0 Å². The molecular formula is C12H7BrN2O2. The van der Waals surface area contributed by atoms with E-state index in [0.29, 0.717) is 11.0 Å². The van der Waals surface area contributed by atoms with Crippen molar-refractivity contribution in [2.75, 3.05) is 0 Å². The van der Waals surface area contributed by atoms with E-state index in [1.807, 2.05) is 24.3 Å². The molecule has 0 bridgehead atoms. The van der Waals surface area contributed by atoms with Crippen molar-refractivity contribution in [1.29, 1.82) is 0 Å². The average Bonchev–Trinajstić information content (AvgIpc) is 2.79. The molecule has 0 saturated heterocycles. The molecule has 1 heterocycles. The zero-order chi connectivity index (χ0) is 11.8. The Kier molecular flexibility index (Phi) is 2.33. The highest BCUT2D eigenvalue weighted by atomic mass is 79.9. The normalized spacial score (nSPS) is 10.9. The molecule has 0 aliphatic rings. The quantitative estimate of drug-likeness (QED) is 0.747. The van der Waals surface area contributed by atoms with Crippen LogP contribution in [0.4, 0.5) is 0 Å². The van der Waals surface area contributed by atoms with Crippen molar-refractivity contribution >= 4 is 27.0 Å². The van der Waals surface area contributed by atoms with Gasteiger partial charge in [-0.25, -0.2) is 4.63 Å². The number of hydrogen-bond acceptors (Lipinski definition) is 4. The summed E-state index contributed by atoms with van der Waals surface area (Å²) < 4.78 is 5.54. The molecule has 0 aliphatic heterocycles. The van der Waals surface area contributed by atoms with E-state index in [9.17, 15) is 5.11 Å². The van der Waals surface area contributed by atoms with Crippen molar-refractivity contribution < 1.29 is 9.74 Å². The number of nitrogens with zero attached hydrogens (tertiary/aromatic N) is 2. The van der Waals surface area contributed by atoms with Gasteiger partial charge in [-0.2, -0.15) is 0 Å². The second-order valence-corrected chi connectivity index (χ2v) is 4.54. The Balaban J connectivity index is 2.22. The Labute approximate surface area is 105 Å². The summed E-state index contributed by atoms with van der Waals surface area (Å²) in [6, 6.07) is 10.8. The summed E-state index contributed by atoms with van der Waals surface area (Å²) in [5.74, 6) is 0.226. The van der Waals surface area contributed by atoms with Crippen LogP contribution >= 0.6 is 15.9 Å². The lowest BCUT2D eigenvalue weighted by molar-refractivity contribution is 0.315. The highest BCUT2D eigenvalue weighted by Crippen LogP contribution is 2.32. The van der Waals surface area contributed by atoms with E-state index in [4.69, 9.17) is 0 Å². The molecule has 0 atom stereocenters. The first-order valence-corrected chi connectivity index (χ1v) is 5.74. The van der Waals surface area contributed by atoms with Crippen LogP contribution in [0.5, 0.6) is 5.75 Å². The number of phenols is 1. The maximum atomic E-state index is 9.83. The molecule has 0 unspecified atom stereocenters. The van der Waals surface area contributed by atoms with Gasteiger partial charge in [-0.15, -0.1) is 0 Å². The van der Waals surface area contributed by atoms with Crippen LogP contribution in [-0.2, 0) is 0 Å². The zero-order valence-corrected chi connectivity index (χ0v) is 10.2. The largest absolute Gasteiger partial charge is 0.507 e. The first kappa shape index (κ1) is 10.3.